The van der Waals surface area contributed by atoms with E-state index in [0.29, 0.717) is 13.1 Å². The van der Waals surface area contributed by atoms with E-state index in [2.05, 4.69) is 5.32 Å². The SMILES string of the molecule is OC[C@H](O)[C@H]1CNC[C@@H]1O. The minimum atomic E-state index is -0.787. The second kappa shape index (κ2) is 3.30. The van der Waals surface area contributed by atoms with Crippen LogP contribution in [0.5, 0.6) is 0 Å². The first-order chi connectivity index (χ1) is 4.75. The summed E-state index contributed by atoms with van der Waals surface area (Å²) in [5.41, 5.74) is 0. The van der Waals surface area contributed by atoms with Gasteiger partial charge in [-0.2, -0.15) is 0 Å². The van der Waals surface area contributed by atoms with Gasteiger partial charge in [0.2, 0.25) is 0 Å². The molecule has 0 bridgehead atoms. The van der Waals surface area contributed by atoms with Crippen molar-refractivity contribution in [2.45, 2.75) is 12.2 Å². The predicted octanol–water partition coefficient (Wildman–Crippen LogP) is -2.08. The van der Waals surface area contributed by atoms with Crippen molar-refractivity contribution in [1.82, 2.24) is 5.32 Å². The first-order valence-electron chi connectivity index (χ1n) is 3.43. The second-order valence-corrected chi connectivity index (χ2v) is 2.64. The van der Waals surface area contributed by atoms with Gasteiger partial charge in [-0.05, 0) is 0 Å². The molecular weight excluding hydrogens is 134 g/mol. The Bertz CT molecular complexity index is 109. The van der Waals surface area contributed by atoms with Crippen LogP contribution >= 0.6 is 0 Å². The molecule has 0 amide bonds. The molecule has 0 aliphatic carbocycles. The molecule has 4 nitrogen and oxygen atoms in total. The van der Waals surface area contributed by atoms with Crippen molar-refractivity contribution >= 4 is 0 Å². The molecule has 0 spiro atoms. The van der Waals surface area contributed by atoms with E-state index in [1.54, 1.807) is 0 Å². The van der Waals surface area contributed by atoms with E-state index >= 15 is 0 Å². The van der Waals surface area contributed by atoms with Gasteiger partial charge in [-0.25, -0.2) is 0 Å². The zero-order valence-corrected chi connectivity index (χ0v) is 5.70. The molecule has 3 atom stereocenters. The largest absolute Gasteiger partial charge is 0.394 e. The molecule has 1 fully saturated rings. The Balaban J connectivity index is 2.38. The van der Waals surface area contributed by atoms with Crippen molar-refractivity contribution in [2.24, 2.45) is 5.92 Å². The van der Waals surface area contributed by atoms with Crippen LogP contribution in [0.25, 0.3) is 0 Å². The van der Waals surface area contributed by atoms with E-state index in [1.807, 2.05) is 0 Å². The van der Waals surface area contributed by atoms with E-state index in [9.17, 15) is 0 Å². The molecule has 10 heavy (non-hydrogen) atoms. The molecule has 0 aromatic carbocycles. The van der Waals surface area contributed by atoms with Gasteiger partial charge in [-0.15, -0.1) is 0 Å². The highest BCUT2D eigenvalue weighted by Gasteiger charge is 2.30. The summed E-state index contributed by atoms with van der Waals surface area (Å²) in [4.78, 5) is 0. The molecule has 60 valence electrons. The van der Waals surface area contributed by atoms with E-state index in [-0.39, 0.29) is 12.5 Å². The second-order valence-electron chi connectivity index (χ2n) is 2.64. The minimum Gasteiger partial charge on any atom is -0.394 e. The zero-order chi connectivity index (χ0) is 7.56. The van der Waals surface area contributed by atoms with Gasteiger partial charge >= 0.3 is 0 Å². The topological polar surface area (TPSA) is 72.7 Å². The lowest BCUT2D eigenvalue weighted by atomic mass is 10.0. The van der Waals surface area contributed by atoms with Crippen LogP contribution < -0.4 is 5.32 Å². The summed E-state index contributed by atoms with van der Waals surface area (Å²) in [6, 6.07) is 0. The highest BCUT2D eigenvalue weighted by Crippen LogP contribution is 2.12. The minimum absolute atomic E-state index is 0.204. The van der Waals surface area contributed by atoms with Crippen molar-refractivity contribution in [3.63, 3.8) is 0 Å². The predicted molar refractivity (Wildman–Crippen MR) is 35.5 cm³/mol. The molecule has 1 heterocycles. The lowest BCUT2D eigenvalue weighted by Gasteiger charge is -2.17. The van der Waals surface area contributed by atoms with Gasteiger partial charge in [0, 0.05) is 19.0 Å². The first kappa shape index (κ1) is 7.94. The van der Waals surface area contributed by atoms with E-state index in [4.69, 9.17) is 15.3 Å². The Morgan fingerprint density at radius 1 is 1.50 bits per heavy atom. The Kier molecular flexibility index (Phi) is 2.62. The van der Waals surface area contributed by atoms with E-state index in [0.717, 1.165) is 0 Å². The molecule has 0 unspecified atom stereocenters. The van der Waals surface area contributed by atoms with Crippen molar-refractivity contribution in [3.05, 3.63) is 0 Å². The monoisotopic (exact) mass is 147 g/mol. The molecule has 4 heteroatoms. The van der Waals surface area contributed by atoms with Gasteiger partial charge in [0.25, 0.3) is 0 Å². The fourth-order valence-electron chi connectivity index (χ4n) is 1.21. The third-order valence-corrected chi connectivity index (χ3v) is 1.91. The summed E-state index contributed by atoms with van der Waals surface area (Å²) in [7, 11) is 0. The maximum absolute atomic E-state index is 9.16. The first-order valence-corrected chi connectivity index (χ1v) is 3.43. The van der Waals surface area contributed by atoms with Crippen LogP contribution in [-0.2, 0) is 0 Å². The zero-order valence-electron chi connectivity index (χ0n) is 5.70. The molecule has 1 rings (SSSR count). The lowest BCUT2D eigenvalue weighted by molar-refractivity contribution is 0.00704. The molecule has 1 aliphatic heterocycles. The number of hydrogen-bond donors (Lipinski definition) is 4. The van der Waals surface area contributed by atoms with Gasteiger partial charge < -0.3 is 20.6 Å². The van der Waals surface area contributed by atoms with Gasteiger partial charge in [0.05, 0.1) is 18.8 Å². The van der Waals surface area contributed by atoms with E-state index in [1.165, 1.54) is 0 Å². The van der Waals surface area contributed by atoms with Gasteiger partial charge in [-0.3, -0.25) is 0 Å². The van der Waals surface area contributed by atoms with Crippen LogP contribution in [0.3, 0.4) is 0 Å². The van der Waals surface area contributed by atoms with Crippen LogP contribution in [0, 0.1) is 5.92 Å². The number of rotatable bonds is 2. The summed E-state index contributed by atoms with van der Waals surface area (Å²) < 4.78 is 0. The Labute approximate surface area is 59.5 Å². The number of aliphatic hydroxyl groups is 3. The average molecular weight is 147 g/mol. The molecule has 0 aromatic heterocycles. The van der Waals surface area contributed by atoms with Crippen molar-refractivity contribution in [3.8, 4) is 0 Å². The highest BCUT2D eigenvalue weighted by molar-refractivity contribution is 4.84. The summed E-state index contributed by atoms with van der Waals surface area (Å²) in [5, 5.41) is 29.7. The summed E-state index contributed by atoms with van der Waals surface area (Å²) in [6.45, 7) is 0.827. The van der Waals surface area contributed by atoms with Crippen LogP contribution in [0.1, 0.15) is 0 Å². The molecule has 1 aliphatic rings. The summed E-state index contributed by atoms with van der Waals surface area (Å²) in [5.74, 6) is -0.204. The molecular formula is C6H13NO3. The van der Waals surface area contributed by atoms with E-state index < -0.39 is 12.2 Å². The molecule has 0 radical (unpaired) electrons. The van der Waals surface area contributed by atoms with Gasteiger partial charge in [0.1, 0.15) is 0 Å². The summed E-state index contributed by atoms with van der Waals surface area (Å²) >= 11 is 0. The summed E-state index contributed by atoms with van der Waals surface area (Å²) in [6.07, 6.45) is -1.30. The van der Waals surface area contributed by atoms with Crippen LogP contribution in [-0.4, -0.2) is 47.2 Å². The van der Waals surface area contributed by atoms with Crippen LogP contribution in [0.15, 0.2) is 0 Å². The normalized spacial score (nSPS) is 36.3. The third kappa shape index (κ3) is 1.46. The molecule has 1 saturated heterocycles. The number of hydrogen-bond acceptors (Lipinski definition) is 4. The van der Waals surface area contributed by atoms with Gasteiger partial charge in [0.15, 0.2) is 0 Å². The Morgan fingerprint density at radius 2 is 2.20 bits per heavy atom. The average Bonchev–Trinajstić information content (AvgIpc) is 2.34. The molecule has 0 saturated carbocycles. The third-order valence-electron chi connectivity index (χ3n) is 1.91. The van der Waals surface area contributed by atoms with Crippen molar-refractivity contribution < 1.29 is 15.3 Å². The fraction of sp³-hybridized carbons (Fsp3) is 1.00. The van der Waals surface area contributed by atoms with Crippen LogP contribution in [0.4, 0.5) is 0 Å². The van der Waals surface area contributed by atoms with Crippen LogP contribution in [0.2, 0.25) is 0 Å². The number of β-amino-alcohol motifs (C(OH)–C–C–N with tert-alkyl or cyclic N) is 1. The smallest absolute Gasteiger partial charge is 0.0836 e. The van der Waals surface area contributed by atoms with Crippen molar-refractivity contribution in [1.29, 1.82) is 0 Å². The maximum Gasteiger partial charge on any atom is 0.0836 e. The maximum atomic E-state index is 9.16. The highest BCUT2D eigenvalue weighted by atomic mass is 16.3. The van der Waals surface area contributed by atoms with Gasteiger partial charge in [-0.1, -0.05) is 0 Å². The Hall–Kier alpha value is -0.160. The molecule has 4 N–H and O–H groups in total. The number of aliphatic hydroxyl groups excluding tert-OH is 3. The quantitative estimate of drug-likeness (QED) is 0.362. The Morgan fingerprint density at radius 3 is 2.60 bits per heavy atom. The molecule has 0 aromatic rings. The number of nitrogens with one attached hydrogen (secondary N) is 1. The standard InChI is InChI=1S/C6H13NO3/c8-3-6(10)4-1-7-2-5(4)9/h4-10H,1-3H2/t4-,5-,6-/m0/s1. The fourth-order valence-corrected chi connectivity index (χ4v) is 1.21. The van der Waals surface area contributed by atoms with Crippen molar-refractivity contribution in [2.75, 3.05) is 19.7 Å². The lowest BCUT2D eigenvalue weighted by Crippen LogP contribution is -2.32.